The van der Waals surface area contributed by atoms with E-state index in [2.05, 4.69) is 43.8 Å². The van der Waals surface area contributed by atoms with E-state index in [1.54, 1.807) is 5.56 Å². The summed E-state index contributed by atoms with van der Waals surface area (Å²) in [6, 6.07) is 9.32. The van der Waals surface area contributed by atoms with Crippen LogP contribution in [-0.4, -0.2) is 6.61 Å². The quantitative estimate of drug-likeness (QED) is 0.294. The van der Waals surface area contributed by atoms with Gasteiger partial charge in [-0.1, -0.05) is 56.5 Å². The van der Waals surface area contributed by atoms with Crippen LogP contribution >= 0.6 is 0 Å². The van der Waals surface area contributed by atoms with Gasteiger partial charge < -0.3 is 4.74 Å². The predicted octanol–water partition coefficient (Wildman–Crippen LogP) is 8.05. The fourth-order valence-corrected chi connectivity index (χ4v) is 5.55. The van der Waals surface area contributed by atoms with Crippen molar-refractivity contribution >= 4 is 0 Å². The topological polar surface area (TPSA) is 9.23 Å². The highest BCUT2D eigenvalue weighted by molar-refractivity contribution is 5.25. The maximum absolute atomic E-state index is 5.75. The molecule has 0 atom stereocenters. The Kier molecular flexibility index (Phi) is 9.12. The van der Waals surface area contributed by atoms with Gasteiger partial charge in [-0.2, -0.15) is 0 Å². The highest BCUT2D eigenvalue weighted by atomic mass is 16.5. The second-order valence-electron chi connectivity index (χ2n) is 9.41. The lowest BCUT2D eigenvalue weighted by Gasteiger charge is -2.38. The summed E-state index contributed by atoms with van der Waals surface area (Å²) >= 11 is 0. The molecule has 0 aromatic heterocycles. The van der Waals surface area contributed by atoms with E-state index in [9.17, 15) is 0 Å². The van der Waals surface area contributed by atoms with Crippen LogP contribution in [0.15, 0.2) is 36.9 Å². The summed E-state index contributed by atoms with van der Waals surface area (Å²) in [6.07, 6.45) is 18.7. The first-order chi connectivity index (χ1) is 13.8. The minimum Gasteiger partial charge on any atom is -0.377 e. The molecule has 0 heterocycles. The first kappa shape index (κ1) is 21.6. The zero-order valence-corrected chi connectivity index (χ0v) is 18.2. The summed E-state index contributed by atoms with van der Waals surface area (Å²) < 4.78 is 5.75. The van der Waals surface area contributed by atoms with E-state index in [1.165, 1.54) is 76.2 Å². The molecule has 1 aromatic rings. The van der Waals surface area contributed by atoms with Crippen LogP contribution in [0.5, 0.6) is 0 Å². The Labute approximate surface area is 174 Å². The molecule has 2 saturated carbocycles. The molecule has 3 rings (SSSR count). The fourth-order valence-electron chi connectivity index (χ4n) is 5.55. The molecular weight excluding hydrogens is 340 g/mol. The number of rotatable bonds is 10. The highest BCUT2D eigenvalue weighted by Crippen LogP contribution is 2.44. The number of unbranched alkanes of at least 4 members (excludes halogenated alkanes) is 1. The molecule has 0 unspecified atom stereocenters. The van der Waals surface area contributed by atoms with E-state index in [4.69, 9.17) is 4.74 Å². The number of ether oxygens (including phenoxy) is 1. The number of allylic oxidation sites excluding steroid dienone is 1. The third-order valence-corrected chi connectivity index (χ3v) is 7.47. The molecule has 2 aliphatic carbocycles. The van der Waals surface area contributed by atoms with Gasteiger partial charge in [0.05, 0.1) is 6.61 Å². The molecule has 0 saturated heterocycles. The molecule has 0 amide bonds. The van der Waals surface area contributed by atoms with Gasteiger partial charge >= 0.3 is 0 Å². The maximum Gasteiger partial charge on any atom is 0.0716 e. The lowest BCUT2D eigenvalue weighted by Crippen LogP contribution is -2.25. The van der Waals surface area contributed by atoms with Gasteiger partial charge in [0.2, 0.25) is 0 Å². The van der Waals surface area contributed by atoms with Crippen LogP contribution in [0.2, 0.25) is 0 Å². The summed E-state index contributed by atoms with van der Waals surface area (Å²) in [5.74, 6) is 3.79. The SMILES string of the molecule is C=CCCC1CCC(C2CCC(c3ccc(COCCCC)cc3)CC2)CC1. The van der Waals surface area contributed by atoms with Gasteiger partial charge in [-0.05, 0) is 92.6 Å². The van der Waals surface area contributed by atoms with Crippen molar-refractivity contribution in [2.45, 2.75) is 96.5 Å². The van der Waals surface area contributed by atoms with Gasteiger partial charge in [0.15, 0.2) is 0 Å². The Bertz CT molecular complexity index is 544. The molecule has 0 spiro atoms. The van der Waals surface area contributed by atoms with Crippen LogP contribution in [0.4, 0.5) is 0 Å². The first-order valence-electron chi connectivity index (χ1n) is 12.1. The van der Waals surface area contributed by atoms with Gasteiger partial charge in [0.1, 0.15) is 0 Å². The van der Waals surface area contributed by atoms with Gasteiger partial charge in [-0.25, -0.2) is 0 Å². The molecule has 1 heteroatoms. The van der Waals surface area contributed by atoms with Crippen molar-refractivity contribution < 1.29 is 4.74 Å². The molecule has 0 bridgehead atoms. The van der Waals surface area contributed by atoms with Crippen molar-refractivity contribution in [2.24, 2.45) is 17.8 Å². The van der Waals surface area contributed by atoms with Gasteiger partial charge in [-0.3, -0.25) is 0 Å². The summed E-state index contributed by atoms with van der Waals surface area (Å²) in [7, 11) is 0. The monoisotopic (exact) mass is 382 g/mol. The van der Waals surface area contributed by atoms with Crippen molar-refractivity contribution in [3.63, 3.8) is 0 Å². The van der Waals surface area contributed by atoms with Crippen molar-refractivity contribution in [3.8, 4) is 0 Å². The fraction of sp³-hybridized carbons (Fsp3) is 0.704. The molecule has 156 valence electrons. The van der Waals surface area contributed by atoms with E-state index < -0.39 is 0 Å². The van der Waals surface area contributed by atoms with E-state index >= 15 is 0 Å². The summed E-state index contributed by atoms with van der Waals surface area (Å²) in [5.41, 5.74) is 2.88. The largest absolute Gasteiger partial charge is 0.377 e. The number of hydrogen-bond acceptors (Lipinski definition) is 1. The molecular formula is C27H42O. The zero-order valence-electron chi connectivity index (χ0n) is 18.2. The zero-order chi connectivity index (χ0) is 19.6. The molecule has 2 fully saturated rings. The average Bonchev–Trinajstić information content (AvgIpc) is 2.76. The van der Waals surface area contributed by atoms with Crippen molar-refractivity contribution in [1.29, 1.82) is 0 Å². The first-order valence-corrected chi connectivity index (χ1v) is 12.1. The van der Waals surface area contributed by atoms with Crippen LogP contribution in [0, 0.1) is 17.8 Å². The lowest BCUT2D eigenvalue weighted by atomic mass is 9.68. The molecule has 0 N–H and O–H groups in total. The number of hydrogen-bond donors (Lipinski definition) is 0. The molecule has 0 radical (unpaired) electrons. The minimum atomic E-state index is 0.766. The van der Waals surface area contributed by atoms with Crippen LogP contribution in [0.25, 0.3) is 0 Å². The predicted molar refractivity (Wildman–Crippen MR) is 121 cm³/mol. The molecule has 0 aliphatic heterocycles. The molecule has 2 aliphatic rings. The van der Waals surface area contributed by atoms with E-state index in [0.717, 1.165) is 43.3 Å². The van der Waals surface area contributed by atoms with Crippen LogP contribution in [0.1, 0.15) is 101 Å². The lowest BCUT2D eigenvalue weighted by molar-refractivity contribution is 0.118. The normalized spacial score (nSPS) is 28.2. The Morgan fingerprint density at radius 3 is 2.18 bits per heavy atom. The van der Waals surface area contributed by atoms with E-state index in [0.29, 0.717) is 0 Å². The average molecular weight is 383 g/mol. The van der Waals surface area contributed by atoms with E-state index in [-0.39, 0.29) is 0 Å². The third kappa shape index (κ3) is 6.48. The second-order valence-corrected chi connectivity index (χ2v) is 9.41. The number of benzene rings is 1. The van der Waals surface area contributed by atoms with Crippen LogP contribution in [-0.2, 0) is 11.3 Å². The minimum absolute atomic E-state index is 0.766. The Morgan fingerprint density at radius 2 is 1.57 bits per heavy atom. The van der Waals surface area contributed by atoms with Gasteiger partial charge in [-0.15, -0.1) is 6.58 Å². The maximum atomic E-state index is 5.75. The van der Waals surface area contributed by atoms with Crippen molar-refractivity contribution in [1.82, 2.24) is 0 Å². The summed E-state index contributed by atoms with van der Waals surface area (Å²) in [5, 5.41) is 0. The summed E-state index contributed by atoms with van der Waals surface area (Å²) in [6.45, 7) is 7.75. The van der Waals surface area contributed by atoms with Crippen molar-refractivity contribution in [2.75, 3.05) is 6.61 Å². The Hall–Kier alpha value is -1.08. The molecule has 28 heavy (non-hydrogen) atoms. The van der Waals surface area contributed by atoms with E-state index in [1.807, 2.05) is 0 Å². The van der Waals surface area contributed by atoms with Crippen molar-refractivity contribution in [3.05, 3.63) is 48.0 Å². The smallest absolute Gasteiger partial charge is 0.0716 e. The second kappa shape index (κ2) is 11.8. The van der Waals surface area contributed by atoms with Gasteiger partial charge in [0, 0.05) is 6.61 Å². The van der Waals surface area contributed by atoms with Crippen LogP contribution in [0.3, 0.4) is 0 Å². The Morgan fingerprint density at radius 1 is 0.929 bits per heavy atom. The molecule has 1 nitrogen and oxygen atoms in total. The summed E-state index contributed by atoms with van der Waals surface area (Å²) in [4.78, 5) is 0. The third-order valence-electron chi connectivity index (χ3n) is 7.47. The standard InChI is InChI=1S/C27H42O/c1-3-5-7-22-8-12-24(13-9-22)26-16-18-27(19-17-26)25-14-10-23(11-15-25)21-28-20-6-4-2/h3,10-11,14-15,22,24,26-27H,1,4-9,12-13,16-21H2,2H3. The Balaban J connectivity index is 1.38. The molecule has 1 aromatic carbocycles. The van der Waals surface area contributed by atoms with Gasteiger partial charge in [0.25, 0.3) is 0 Å². The van der Waals surface area contributed by atoms with Crippen LogP contribution < -0.4 is 0 Å². The highest BCUT2D eigenvalue weighted by Gasteiger charge is 2.31.